The van der Waals surface area contributed by atoms with Crippen molar-refractivity contribution < 1.29 is 28.2 Å². The number of ether oxygens (including phenoxy) is 2. The Morgan fingerprint density at radius 1 is 0.923 bits per heavy atom. The molecule has 0 aliphatic rings. The molecule has 7 heteroatoms. The van der Waals surface area contributed by atoms with Crippen molar-refractivity contribution in [1.29, 1.82) is 0 Å². The molecule has 2 aromatic carbocycles. The van der Waals surface area contributed by atoms with E-state index >= 15 is 0 Å². The summed E-state index contributed by atoms with van der Waals surface area (Å²) in [5.41, 5.74) is 1.32. The Bertz CT molecular complexity index is 783. The van der Waals surface area contributed by atoms with Gasteiger partial charge in [-0.3, -0.25) is 4.79 Å². The van der Waals surface area contributed by atoms with Crippen molar-refractivity contribution in [2.45, 2.75) is 12.8 Å². The lowest BCUT2D eigenvalue weighted by molar-refractivity contribution is -0.116. The van der Waals surface area contributed by atoms with Gasteiger partial charge in [0.1, 0.15) is 5.82 Å². The number of halogens is 1. The normalized spacial score (nSPS) is 10.1. The molecule has 1 N–H and O–H groups in total. The lowest BCUT2D eigenvalue weighted by Crippen LogP contribution is -2.14. The van der Waals surface area contributed by atoms with Crippen molar-refractivity contribution in [2.75, 3.05) is 19.5 Å². The predicted molar refractivity (Wildman–Crippen MR) is 92.5 cm³/mol. The van der Waals surface area contributed by atoms with Crippen LogP contribution in [0, 0.1) is 5.82 Å². The summed E-state index contributed by atoms with van der Waals surface area (Å²) < 4.78 is 22.2. The van der Waals surface area contributed by atoms with E-state index in [2.05, 4.69) is 14.8 Å². The van der Waals surface area contributed by atoms with Gasteiger partial charge in [-0.2, -0.15) is 0 Å². The van der Waals surface area contributed by atoms with E-state index in [1.165, 1.54) is 44.6 Å². The molecule has 0 bridgehead atoms. The highest BCUT2D eigenvalue weighted by Gasteiger charge is 2.15. The Labute approximate surface area is 149 Å². The van der Waals surface area contributed by atoms with Gasteiger partial charge in [0.15, 0.2) is 0 Å². The molecule has 0 atom stereocenters. The van der Waals surface area contributed by atoms with Gasteiger partial charge in [0.25, 0.3) is 0 Å². The Hall–Kier alpha value is -3.22. The summed E-state index contributed by atoms with van der Waals surface area (Å²) in [7, 11) is 2.43. The number of rotatable bonds is 6. The molecule has 0 aliphatic carbocycles. The highest BCUT2D eigenvalue weighted by atomic mass is 19.1. The van der Waals surface area contributed by atoms with Gasteiger partial charge < -0.3 is 14.8 Å². The Balaban J connectivity index is 2.11. The smallest absolute Gasteiger partial charge is 0.337 e. The highest BCUT2D eigenvalue weighted by Crippen LogP contribution is 2.17. The van der Waals surface area contributed by atoms with E-state index in [1.54, 1.807) is 12.1 Å². The molecule has 2 rings (SSSR count). The summed E-state index contributed by atoms with van der Waals surface area (Å²) in [5, 5.41) is 2.63. The molecule has 2 aromatic rings. The number of hydrogen-bond donors (Lipinski definition) is 1. The number of nitrogens with one attached hydrogen (secondary N) is 1. The quantitative estimate of drug-likeness (QED) is 0.802. The third-order valence-corrected chi connectivity index (χ3v) is 3.61. The lowest BCUT2D eigenvalue weighted by Gasteiger charge is -2.09. The third-order valence-electron chi connectivity index (χ3n) is 3.61. The second-order valence-corrected chi connectivity index (χ2v) is 5.46. The molecule has 26 heavy (non-hydrogen) atoms. The number of carbonyl (C=O) groups excluding carboxylic acids is 3. The third kappa shape index (κ3) is 5.14. The number of methoxy groups -OCH3 is 2. The standard InChI is InChI=1S/C19H18FNO5/c1-25-18(23)13-9-14(19(24)26-2)11-16(10-13)21-17(22)8-5-12-3-6-15(20)7-4-12/h3-4,6-7,9-11H,5,8H2,1-2H3,(H,21,22). The fourth-order valence-electron chi connectivity index (χ4n) is 2.30. The van der Waals surface area contributed by atoms with Crippen LogP contribution in [0.15, 0.2) is 42.5 Å². The molecule has 6 nitrogen and oxygen atoms in total. The van der Waals surface area contributed by atoms with Crippen LogP contribution < -0.4 is 5.32 Å². The molecule has 0 radical (unpaired) electrons. The topological polar surface area (TPSA) is 81.7 Å². The average molecular weight is 359 g/mol. The van der Waals surface area contributed by atoms with Crippen LogP contribution in [0.3, 0.4) is 0 Å². The number of esters is 2. The van der Waals surface area contributed by atoms with Crippen molar-refractivity contribution >= 4 is 23.5 Å². The van der Waals surface area contributed by atoms with E-state index in [-0.39, 0.29) is 35.0 Å². The average Bonchev–Trinajstić information content (AvgIpc) is 2.65. The van der Waals surface area contributed by atoms with Gasteiger partial charge in [-0.1, -0.05) is 12.1 Å². The van der Waals surface area contributed by atoms with Crippen molar-refractivity contribution in [2.24, 2.45) is 0 Å². The largest absolute Gasteiger partial charge is 0.465 e. The molecule has 136 valence electrons. The SMILES string of the molecule is COC(=O)c1cc(NC(=O)CCc2ccc(F)cc2)cc(C(=O)OC)c1. The summed E-state index contributed by atoms with van der Waals surface area (Å²) >= 11 is 0. The fourth-order valence-corrected chi connectivity index (χ4v) is 2.30. The number of hydrogen-bond acceptors (Lipinski definition) is 5. The highest BCUT2D eigenvalue weighted by molar-refractivity contribution is 5.99. The Kier molecular flexibility index (Phi) is 6.43. The first-order valence-electron chi connectivity index (χ1n) is 7.79. The van der Waals surface area contributed by atoms with Gasteiger partial charge in [0.2, 0.25) is 5.91 Å². The zero-order valence-corrected chi connectivity index (χ0v) is 14.4. The van der Waals surface area contributed by atoms with Crippen LogP contribution in [0.4, 0.5) is 10.1 Å². The Morgan fingerprint density at radius 2 is 1.46 bits per heavy atom. The number of anilines is 1. The molecular weight excluding hydrogens is 341 g/mol. The summed E-state index contributed by atoms with van der Waals surface area (Å²) in [6.07, 6.45) is 0.578. The maximum absolute atomic E-state index is 12.9. The molecule has 0 heterocycles. The minimum absolute atomic E-state index is 0.115. The molecule has 0 unspecified atom stereocenters. The molecule has 0 spiro atoms. The van der Waals surface area contributed by atoms with Crippen molar-refractivity contribution in [3.8, 4) is 0 Å². The molecule has 0 saturated carbocycles. The Morgan fingerprint density at radius 3 is 1.96 bits per heavy atom. The van der Waals surface area contributed by atoms with Gasteiger partial charge in [0.05, 0.1) is 25.3 Å². The zero-order chi connectivity index (χ0) is 19.1. The van der Waals surface area contributed by atoms with Gasteiger partial charge in [-0.25, -0.2) is 14.0 Å². The van der Waals surface area contributed by atoms with E-state index in [4.69, 9.17) is 0 Å². The van der Waals surface area contributed by atoms with Crippen LogP contribution in [0.25, 0.3) is 0 Å². The van der Waals surface area contributed by atoms with Gasteiger partial charge in [0, 0.05) is 12.1 Å². The molecule has 0 aliphatic heterocycles. The van der Waals surface area contributed by atoms with Crippen molar-refractivity contribution in [3.05, 3.63) is 65.0 Å². The maximum atomic E-state index is 12.9. The van der Waals surface area contributed by atoms with Crippen molar-refractivity contribution in [3.63, 3.8) is 0 Å². The molecule has 0 fully saturated rings. The van der Waals surface area contributed by atoms with E-state index in [0.29, 0.717) is 6.42 Å². The molecule has 0 saturated heterocycles. The lowest BCUT2D eigenvalue weighted by atomic mass is 10.1. The molecule has 0 aromatic heterocycles. The van der Waals surface area contributed by atoms with Gasteiger partial charge >= 0.3 is 11.9 Å². The van der Waals surface area contributed by atoms with Crippen molar-refractivity contribution in [1.82, 2.24) is 0 Å². The fraction of sp³-hybridized carbons (Fsp3) is 0.211. The summed E-state index contributed by atoms with van der Waals surface area (Å²) in [6, 6.07) is 10.0. The summed E-state index contributed by atoms with van der Waals surface area (Å²) in [4.78, 5) is 35.6. The summed E-state index contributed by atoms with van der Waals surface area (Å²) in [5.74, 6) is -1.93. The number of benzene rings is 2. The first kappa shape index (κ1) is 19.1. The van der Waals surface area contributed by atoms with Crippen LogP contribution >= 0.6 is 0 Å². The zero-order valence-electron chi connectivity index (χ0n) is 14.4. The molecular formula is C19H18FNO5. The predicted octanol–water partition coefficient (Wildman–Crippen LogP) is 2.97. The number of carbonyl (C=O) groups is 3. The second kappa shape index (κ2) is 8.75. The second-order valence-electron chi connectivity index (χ2n) is 5.46. The minimum atomic E-state index is -0.641. The first-order valence-corrected chi connectivity index (χ1v) is 7.79. The van der Waals surface area contributed by atoms with Gasteiger partial charge in [-0.15, -0.1) is 0 Å². The van der Waals surface area contributed by atoms with Crippen LogP contribution in [-0.4, -0.2) is 32.1 Å². The van der Waals surface area contributed by atoms with Crippen LogP contribution in [0.5, 0.6) is 0 Å². The maximum Gasteiger partial charge on any atom is 0.337 e. The van der Waals surface area contributed by atoms with Crippen LogP contribution in [-0.2, 0) is 20.7 Å². The van der Waals surface area contributed by atoms with E-state index in [9.17, 15) is 18.8 Å². The van der Waals surface area contributed by atoms with E-state index in [1.807, 2.05) is 0 Å². The van der Waals surface area contributed by atoms with Crippen LogP contribution in [0.2, 0.25) is 0 Å². The van der Waals surface area contributed by atoms with Gasteiger partial charge in [-0.05, 0) is 42.3 Å². The minimum Gasteiger partial charge on any atom is -0.465 e. The van der Waals surface area contributed by atoms with Crippen LogP contribution in [0.1, 0.15) is 32.7 Å². The van der Waals surface area contributed by atoms with E-state index < -0.39 is 11.9 Å². The first-order chi connectivity index (χ1) is 12.4. The number of amides is 1. The summed E-state index contributed by atoms with van der Waals surface area (Å²) in [6.45, 7) is 0. The molecule has 1 amide bonds. The van der Waals surface area contributed by atoms with E-state index in [0.717, 1.165) is 5.56 Å². The monoisotopic (exact) mass is 359 g/mol. The number of aryl methyl sites for hydroxylation is 1.